The van der Waals surface area contributed by atoms with Crippen molar-refractivity contribution in [2.24, 2.45) is 0 Å². The van der Waals surface area contributed by atoms with E-state index in [2.05, 4.69) is 0 Å². The predicted octanol–water partition coefficient (Wildman–Crippen LogP) is 4.69. The average molecular weight is 396 g/mol. The Morgan fingerprint density at radius 2 is 1.36 bits per heavy atom. The minimum atomic E-state index is -3.78. The summed E-state index contributed by atoms with van der Waals surface area (Å²) in [6.45, 7) is 0. The van der Waals surface area contributed by atoms with Crippen molar-refractivity contribution in [1.29, 1.82) is 0 Å². The Balaban J connectivity index is 1.95. The minimum absolute atomic E-state index is 0.0350. The topological polar surface area (TPSA) is 52.6 Å². The molecule has 4 rings (SSSR count). The largest absolute Gasteiger partial charge is 0.493 e. The van der Waals surface area contributed by atoms with Crippen LogP contribution in [0.5, 0.6) is 11.5 Å². The normalized spacial score (nSPS) is 13.9. The lowest BCUT2D eigenvalue weighted by Gasteiger charge is -2.11. The molecule has 0 fully saturated rings. The minimum Gasteiger partial charge on any atom is -0.493 e. The quantitative estimate of drug-likeness (QED) is 0.470. The van der Waals surface area contributed by atoms with Gasteiger partial charge in [-0.15, -0.1) is 0 Å². The second-order valence-electron chi connectivity index (χ2n) is 6.33. The molecule has 0 aromatic heterocycles. The van der Waals surface area contributed by atoms with Crippen molar-refractivity contribution < 1.29 is 22.3 Å². The molecule has 0 saturated heterocycles. The molecule has 6 heteroatoms. The molecule has 0 unspecified atom stereocenters. The molecule has 0 aliphatic heterocycles. The number of rotatable bonds is 4. The number of benzene rings is 3. The van der Waals surface area contributed by atoms with Crippen LogP contribution < -0.4 is 9.47 Å². The van der Waals surface area contributed by atoms with Gasteiger partial charge in [0, 0.05) is 11.0 Å². The van der Waals surface area contributed by atoms with E-state index in [0.717, 1.165) is 34.4 Å². The molecule has 0 heterocycles. The Morgan fingerprint density at radius 3 is 1.96 bits per heavy atom. The van der Waals surface area contributed by atoms with E-state index in [0.29, 0.717) is 17.1 Å². The average Bonchev–Trinajstić information content (AvgIpc) is 3.00. The summed E-state index contributed by atoms with van der Waals surface area (Å²) in [5.41, 5.74) is 3.90. The van der Waals surface area contributed by atoms with Crippen molar-refractivity contribution in [1.82, 2.24) is 0 Å². The monoisotopic (exact) mass is 396 g/mol. The Labute approximate surface area is 162 Å². The van der Waals surface area contributed by atoms with Crippen LogP contribution in [0.25, 0.3) is 16.7 Å². The van der Waals surface area contributed by atoms with Gasteiger partial charge in [-0.05, 0) is 58.7 Å². The first-order valence-corrected chi connectivity index (χ1v) is 10.1. The molecule has 4 nitrogen and oxygen atoms in total. The summed E-state index contributed by atoms with van der Waals surface area (Å²) < 4.78 is 49.9. The van der Waals surface area contributed by atoms with Crippen LogP contribution in [0.15, 0.2) is 71.0 Å². The maximum absolute atomic E-state index is 13.2. The molecule has 3 aromatic carbocycles. The van der Waals surface area contributed by atoms with E-state index in [1.54, 1.807) is 13.2 Å². The third kappa shape index (κ3) is 2.96. The molecular formula is C22H17FO4S. The Morgan fingerprint density at radius 1 is 0.786 bits per heavy atom. The van der Waals surface area contributed by atoms with Crippen LogP contribution in [-0.2, 0) is 9.84 Å². The van der Waals surface area contributed by atoms with Crippen molar-refractivity contribution in [2.75, 3.05) is 14.2 Å². The van der Waals surface area contributed by atoms with Gasteiger partial charge in [-0.1, -0.05) is 24.3 Å². The lowest BCUT2D eigenvalue weighted by molar-refractivity contribution is 0.355. The number of hydrogen-bond donors (Lipinski definition) is 0. The second-order valence-corrected chi connectivity index (χ2v) is 8.13. The number of hydrogen-bond acceptors (Lipinski definition) is 4. The Kier molecular flexibility index (Phi) is 4.43. The van der Waals surface area contributed by atoms with Gasteiger partial charge in [-0.25, -0.2) is 12.8 Å². The van der Waals surface area contributed by atoms with Crippen LogP contribution in [0, 0.1) is 5.82 Å². The third-order valence-corrected chi connectivity index (χ3v) is 6.21. The van der Waals surface area contributed by atoms with Crippen LogP contribution in [0.3, 0.4) is 0 Å². The Bertz CT molecular complexity index is 1200. The maximum Gasteiger partial charge on any atom is 0.200 e. The summed E-state index contributed by atoms with van der Waals surface area (Å²) in [6.07, 6.45) is 0. The summed E-state index contributed by atoms with van der Waals surface area (Å²) in [4.78, 5) is 0.0350. The van der Waals surface area contributed by atoms with Crippen molar-refractivity contribution >= 4 is 15.4 Å². The highest BCUT2D eigenvalue weighted by Crippen LogP contribution is 2.48. The lowest BCUT2D eigenvalue weighted by atomic mass is 10.0. The number of halogens is 1. The van der Waals surface area contributed by atoms with E-state index in [1.165, 1.54) is 24.7 Å². The summed E-state index contributed by atoms with van der Waals surface area (Å²) in [5.74, 6) is 0.595. The summed E-state index contributed by atoms with van der Waals surface area (Å²) in [7, 11) is -0.693. The zero-order valence-corrected chi connectivity index (χ0v) is 16.1. The van der Waals surface area contributed by atoms with Crippen LogP contribution in [0.2, 0.25) is 0 Å². The molecule has 1 aliphatic rings. The van der Waals surface area contributed by atoms with Gasteiger partial charge in [-0.3, -0.25) is 0 Å². The van der Waals surface area contributed by atoms with Crippen molar-refractivity contribution in [3.05, 3.63) is 83.0 Å². The van der Waals surface area contributed by atoms with Gasteiger partial charge in [0.1, 0.15) is 5.82 Å². The molecular weight excluding hydrogens is 379 g/mol. The van der Waals surface area contributed by atoms with Gasteiger partial charge < -0.3 is 9.47 Å². The van der Waals surface area contributed by atoms with E-state index < -0.39 is 15.7 Å². The van der Waals surface area contributed by atoms with Gasteiger partial charge in [0.15, 0.2) is 21.3 Å². The van der Waals surface area contributed by atoms with E-state index in [4.69, 9.17) is 9.47 Å². The fraction of sp³-hybridized carbons (Fsp3) is 0.0909. The fourth-order valence-electron chi connectivity index (χ4n) is 3.40. The highest BCUT2D eigenvalue weighted by Gasteiger charge is 2.27. The van der Waals surface area contributed by atoms with Gasteiger partial charge in [0.2, 0.25) is 0 Å². The van der Waals surface area contributed by atoms with Crippen molar-refractivity contribution in [2.45, 2.75) is 4.90 Å². The standard InChI is InChI=1S/C22H17FO4S/c1-26-21-11-18-16-5-3-4-6-17(16)20(19(18)12-22(21)27-2)13-28(24,25)15-9-7-14(23)8-10-15/h3-13H,1-2H3/b20-13+. The molecule has 0 N–H and O–H groups in total. The molecule has 0 bridgehead atoms. The second kappa shape index (κ2) is 6.80. The van der Waals surface area contributed by atoms with Gasteiger partial charge >= 0.3 is 0 Å². The van der Waals surface area contributed by atoms with Gasteiger partial charge in [0.25, 0.3) is 0 Å². The molecule has 0 spiro atoms. The highest BCUT2D eigenvalue weighted by molar-refractivity contribution is 7.94. The number of ether oxygens (including phenoxy) is 2. The zero-order valence-electron chi connectivity index (χ0n) is 15.3. The van der Waals surface area contributed by atoms with E-state index in [-0.39, 0.29) is 4.90 Å². The number of sulfone groups is 1. The maximum atomic E-state index is 13.2. The first kappa shape index (κ1) is 18.3. The first-order chi connectivity index (χ1) is 13.4. The fourth-order valence-corrected chi connectivity index (χ4v) is 4.61. The molecule has 0 amide bonds. The molecule has 28 heavy (non-hydrogen) atoms. The van der Waals surface area contributed by atoms with E-state index in [9.17, 15) is 12.8 Å². The van der Waals surface area contributed by atoms with Crippen molar-refractivity contribution in [3.8, 4) is 22.6 Å². The zero-order chi connectivity index (χ0) is 19.9. The predicted molar refractivity (Wildman–Crippen MR) is 106 cm³/mol. The number of fused-ring (bicyclic) bond motifs is 3. The molecule has 1 aliphatic carbocycles. The van der Waals surface area contributed by atoms with E-state index >= 15 is 0 Å². The lowest BCUT2D eigenvalue weighted by Crippen LogP contribution is -1.99. The molecule has 0 saturated carbocycles. The summed E-state index contributed by atoms with van der Waals surface area (Å²) >= 11 is 0. The van der Waals surface area contributed by atoms with Crippen LogP contribution in [0.1, 0.15) is 11.1 Å². The SMILES string of the molecule is COc1cc2c(cc1OC)-c1ccccc1/C2=C\S(=O)(=O)c1ccc(F)cc1. The summed E-state index contributed by atoms with van der Waals surface area (Å²) in [5, 5.41) is 1.23. The van der Waals surface area contributed by atoms with Crippen LogP contribution in [0.4, 0.5) is 4.39 Å². The molecule has 0 atom stereocenters. The van der Waals surface area contributed by atoms with E-state index in [1.807, 2.05) is 30.3 Å². The number of methoxy groups -OCH3 is 2. The molecule has 142 valence electrons. The summed E-state index contributed by atoms with van der Waals surface area (Å²) in [6, 6.07) is 16.0. The van der Waals surface area contributed by atoms with Crippen molar-refractivity contribution in [3.63, 3.8) is 0 Å². The molecule has 0 radical (unpaired) electrons. The van der Waals surface area contributed by atoms with Crippen LogP contribution in [-0.4, -0.2) is 22.6 Å². The highest BCUT2D eigenvalue weighted by atomic mass is 32.2. The molecule has 3 aromatic rings. The van der Waals surface area contributed by atoms with Gasteiger partial charge in [-0.2, -0.15) is 0 Å². The third-order valence-electron chi connectivity index (χ3n) is 4.74. The van der Waals surface area contributed by atoms with Gasteiger partial charge in [0.05, 0.1) is 19.1 Å². The first-order valence-electron chi connectivity index (χ1n) is 8.53. The Hall–Kier alpha value is -3.12. The smallest absolute Gasteiger partial charge is 0.200 e. The van der Waals surface area contributed by atoms with Crippen LogP contribution >= 0.6 is 0 Å².